The number of carbonyl (C=O) groups is 13. The second kappa shape index (κ2) is 42.0. The lowest BCUT2D eigenvalue weighted by atomic mass is 10.00. The van der Waals surface area contributed by atoms with Gasteiger partial charge in [-0.25, -0.2) is 4.79 Å². The quantitative estimate of drug-likeness (QED) is 0.0622. The van der Waals surface area contributed by atoms with E-state index in [1.165, 1.54) is 57.6 Å². The van der Waals surface area contributed by atoms with E-state index in [-0.39, 0.29) is 92.9 Å². The van der Waals surface area contributed by atoms with Crippen LogP contribution in [0.15, 0.2) is 47.6 Å². The highest BCUT2D eigenvalue weighted by Crippen LogP contribution is 2.28. The number of ether oxygens (including phenoxy) is 1. The normalized spacial score (nSPS) is 25.5. The van der Waals surface area contributed by atoms with Crippen molar-refractivity contribution < 1.29 is 91.9 Å². The molecule has 2 aromatic rings. The number of amides is 11. The SMILES string of the molecule is COOC(=O)C[C@@H]1NC(=O)[C@H](CC(C)C)NC(=O)[C@@H]2CCCN2C(=O)[C@@H]2CSCc3cc(cc(c3)OCCCCCCO/N=C/C(=O)N[C@@H](CCCCN)C(=O)N2)CSC[C@@H](C(N)=O)NC(=O)[C@H](CCC(=O)O)NC(=O)[C@H](Cc2ccc(O)cc2)NC(=O)[C@@H]2CCCN2C(=O)C(C(C)C)NC1=O. The molecule has 32 nitrogen and oxygen atoms in total. The number of nitrogens with two attached hydrogens (primary N) is 2. The van der Waals surface area contributed by atoms with E-state index >= 15 is 4.79 Å². The Labute approximate surface area is 601 Å². The lowest BCUT2D eigenvalue weighted by molar-refractivity contribution is -0.255. The fraction of sp³-hybridized carbons (Fsp3) is 0.618. The number of carbonyl (C=O) groups excluding carboxylic acids is 12. The maximum absolute atomic E-state index is 15.2. The van der Waals surface area contributed by atoms with Crippen LogP contribution in [-0.4, -0.2) is 215 Å². The molecule has 4 aliphatic heterocycles. The smallest absolute Gasteiger partial charge is 0.344 e. The molecule has 0 aliphatic carbocycles. The molecular weight excluding hydrogens is 1370 g/mol. The molecule has 562 valence electrons. The Balaban J connectivity index is 1.43. The Morgan fingerprint density at radius 2 is 1.22 bits per heavy atom. The molecule has 0 saturated carbocycles. The molecule has 4 bridgehead atoms. The molecule has 14 N–H and O–H groups in total. The summed E-state index contributed by atoms with van der Waals surface area (Å²) in [7, 11) is 1.04. The van der Waals surface area contributed by atoms with E-state index in [1.54, 1.807) is 33.8 Å². The van der Waals surface area contributed by atoms with Gasteiger partial charge in [0.2, 0.25) is 59.1 Å². The minimum absolute atomic E-state index is 0.0130. The number of thioether (sulfide) groups is 2. The summed E-state index contributed by atoms with van der Waals surface area (Å²) >= 11 is 2.46. The van der Waals surface area contributed by atoms with Gasteiger partial charge in [-0.3, -0.25) is 62.4 Å². The first kappa shape index (κ1) is 82.2. The third kappa shape index (κ3) is 26.6. The lowest BCUT2D eigenvalue weighted by Crippen LogP contribution is -2.61. The number of aromatic hydroxyl groups is 1. The van der Waals surface area contributed by atoms with E-state index in [0.29, 0.717) is 67.7 Å². The minimum atomic E-state index is -1.79. The molecule has 2 saturated heterocycles. The molecule has 102 heavy (non-hydrogen) atoms. The molecule has 6 rings (SSSR count). The Morgan fingerprint density at radius 3 is 1.83 bits per heavy atom. The number of benzene rings is 2. The van der Waals surface area contributed by atoms with Gasteiger partial charge in [-0.1, -0.05) is 51.0 Å². The third-order valence-electron chi connectivity index (χ3n) is 17.3. The van der Waals surface area contributed by atoms with Crippen molar-refractivity contribution in [2.24, 2.45) is 28.5 Å². The number of rotatable bonds is 16. The van der Waals surface area contributed by atoms with Gasteiger partial charge in [-0.2, -0.15) is 28.4 Å². The van der Waals surface area contributed by atoms with Crippen LogP contribution in [0.1, 0.15) is 141 Å². The Hall–Kier alpha value is -8.76. The number of fused-ring (bicyclic) bond motifs is 7. The number of hydrogen-bond donors (Lipinski definition) is 12. The molecule has 0 aromatic heterocycles. The van der Waals surface area contributed by atoms with Crippen molar-refractivity contribution in [1.29, 1.82) is 0 Å². The molecule has 11 amide bonds. The highest BCUT2D eigenvalue weighted by Gasteiger charge is 2.44. The van der Waals surface area contributed by atoms with Crippen molar-refractivity contribution in [2.45, 2.75) is 202 Å². The number of nitrogens with one attached hydrogen (secondary N) is 8. The number of nitrogens with zero attached hydrogens (tertiary/aromatic N) is 3. The summed E-state index contributed by atoms with van der Waals surface area (Å²) in [6.07, 6.45) is 3.23. The second-order valence-corrected chi connectivity index (χ2v) is 28.4. The number of hydrogen-bond acceptors (Lipinski definition) is 22. The number of phenolic OH excluding ortho intramolecular Hbond substituents is 1. The molecule has 2 fully saturated rings. The number of primary amides is 1. The van der Waals surface area contributed by atoms with E-state index in [1.807, 2.05) is 12.1 Å². The van der Waals surface area contributed by atoms with Crippen LogP contribution in [0.5, 0.6) is 11.5 Å². The van der Waals surface area contributed by atoms with Crippen LogP contribution < -0.4 is 58.7 Å². The summed E-state index contributed by atoms with van der Waals surface area (Å²) in [6.45, 7) is 7.58. The van der Waals surface area contributed by atoms with Gasteiger partial charge in [-0.15, -0.1) is 0 Å². The molecule has 34 heteroatoms. The van der Waals surface area contributed by atoms with Crippen LogP contribution in [0, 0.1) is 11.8 Å². The van der Waals surface area contributed by atoms with Gasteiger partial charge in [0.05, 0.1) is 20.1 Å². The van der Waals surface area contributed by atoms with E-state index < -0.39 is 163 Å². The first-order chi connectivity index (χ1) is 48.7. The summed E-state index contributed by atoms with van der Waals surface area (Å²) in [4.78, 5) is 201. The van der Waals surface area contributed by atoms with Crippen LogP contribution in [0.2, 0.25) is 0 Å². The largest absolute Gasteiger partial charge is 0.508 e. The average molecular weight is 1470 g/mol. The van der Waals surface area contributed by atoms with E-state index in [4.69, 9.17) is 25.9 Å². The molecule has 2 aromatic carbocycles. The van der Waals surface area contributed by atoms with E-state index in [0.717, 1.165) is 26.2 Å². The van der Waals surface area contributed by atoms with Gasteiger partial charge >= 0.3 is 11.9 Å². The first-order valence-electron chi connectivity index (χ1n) is 34.6. The summed E-state index contributed by atoms with van der Waals surface area (Å²) in [5, 5.41) is 45.1. The van der Waals surface area contributed by atoms with Gasteiger partial charge in [0.15, 0.2) is 0 Å². The fourth-order valence-electron chi connectivity index (χ4n) is 12.1. The lowest BCUT2D eigenvalue weighted by Gasteiger charge is -2.32. The van der Waals surface area contributed by atoms with E-state index in [9.17, 15) is 67.7 Å². The number of phenols is 1. The molecule has 10 atom stereocenters. The summed E-state index contributed by atoms with van der Waals surface area (Å²) in [6, 6.07) is -3.00. The van der Waals surface area contributed by atoms with Gasteiger partial charge in [0.1, 0.15) is 84.7 Å². The van der Waals surface area contributed by atoms with Crippen LogP contribution in [0.3, 0.4) is 0 Å². The maximum atomic E-state index is 15.2. The molecule has 0 radical (unpaired) electrons. The van der Waals surface area contributed by atoms with E-state index in [2.05, 4.69) is 52.6 Å². The van der Waals surface area contributed by atoms with Gasteiger partial charge in [0.25, 0.3) is 5.91 Å². The molecular formula is C68H99N13O19S2. The van der Waals surface area contributed by atoms with Crippen molar-refractivity contribution in [1.82, 2.24) is 52.3 Å². The van der Waals surface area contributed by atoms with Crippen molar-refractivity contribution >= 4 is 107 Å². The van der Waals surface area contributed by atoms with Crippen LogP contribution in [-0.2, 0) is 94.9 Å². The average Bonchev–Trinajstić information content (AvgIpc) is 1.61. The predicted molar refractivity (Wildman–Crippen MR) is 375 cm³/mol. The monoisotopic (exact) mass is 1470 g/mol. The topological polar surface area (TPSA) is 466 Å². The Bertz CT molecular complexity index is 3270. The van der Waals surface area contributed by atoms with Crippen molar-refractivity contribution in [3.05, 3.63) is 59.2 Å². The summed E-state index contributed by atoms with van der Waals surface area (Å²) in [5.74, 6) is -12.2. The zero-order valence-electron chi connectivity index (χ0n) is 58.4. The number of aliphatic carboxylic acids is 1. The minimum Gasteiger partial charge on any atom is -0.508 e. The fourth-order valence-corrected chi connectivity index (χ4v) is 14.0. The molecule has 4 heterocycles. The number of carboxylic acids is 1. The highest BCUT2D eigenvalue weighted by atomic mass is 32.2. The predicted octanol–water partition coefficient (Wildman–Crippen LogP) is 0.606. The first-order valence-corrected chi connectivity index (χ1v) is 36.9. The number of oxime groups is 1. The summed E-state index contributed by atoms with van der Waals surface area (Å²) < 4.78 is 6.30. The molecule has 1 unspecified atom stereocenters. The maximum Gasteiger partial charge on any atom is 0.344 e. The Kier molecular flexibility index (Phi) is 33.8. The van der Waals surface area contributed by atoms with Crippen molar-refractivity contribution in [3.63, 3.8) is 0 Å². The van der Waals surface area contributed by atoms with Gasteiger partial charge < -0.3 is 83.6 Å². The van der Waals surface area contributed by atoms with Gasteiger partial charge in [-0.05, 0) is 143 Å². The third-order valence-corrected chi connectivity index (χ3v) is 19.6. The molecule has 0 spiro atoms. The molecule has 4 aliphatic rings. The standard InChI is InChI=1S/C68H99N13O19S2/c1-39(2)28-48-62(90)74-50(33-57(86)100-97-5)64(92)79-58(40(3)4)68(96)81-25-13-16-54(81)66(94)76-49(32-41-17-19-44(82)20-18-41)63(91)73-47(21-22-56(84)85)61(89)77-51(59(70)87)37-101-35-42-29-43-31-45(30-42)98-26-10-6-7-11-27-99-71-34-55(83)72-46(14-8-9-23-69)60(88)78-52(38-102-36-43)67(95)80-24-12-15-53(80)65(93)75-48/h17-20,29-31,34,39-40,46-54,58,82H,6-16,21-28,32-33,35-38,69H2,1-5H3,(H2,70,87)(H,72,83)(H,73,91)(H,74,90)(H,75,93)(H,76,94)(H,77,89)(H,78,88)(H,79,92)(H,84,85)/b71-34+/t46-,47-,48-,49-,50-,51-,52-,53-,54-,58?/m0/s1. The Morgan fingerprint density at radius 1 is 0.647 bits per heavy atom. The van der Waals surface area contributed by atoms with Crippen LogP contribution in [0.25, 0.3) is 0 Å². The highest BCUT2D eigenvalue weighted by molar-refractivity contribution is 7.98. The van der Waals surface area contributed by atoms with Crippen molar-refractivity contribution in [3.8, 4) is 11.5 Å². The zero-order valence-corrected chi connectivity index (χ0v) is 60.0. The van der Waals surface area contributed by atoms with Crippen molar-refractivity contribution in [2.75, 3.05) is 51.5 Å². The van der Waals surface area contributed by atoms with Gasteiger partial charge in [0, 0.05) is 48.9 Å². The zero-order chi connectivity index (χ0) is 74.4. The summed E-state index contributed by atoms with van der Waals surface area (Å²) in [5.41, 5.74) is 13.6. The van der Waals surface area contributed by atoms with Crippen LogP contribution >= 0.6 is 23.5 Å². The number of unbranched alkanes of at least 4 members (excludes halogenated alkanes) is 1. The number of carboxylic acid groups (broad SMARTS) is 1. The second-order valence-electron chi connectivity index (χ2n) is 26.3. The van der Waals surface area contributed by atoms with Crippen LogP contribution in [0.4, 0.5) is 0 Å².